The Morgan fingerprint density at radius 1 is 1.30 bits per heavy atom. The van der Waals surface area contributed by atoms with Gasteiger partial charge in [-0.2, -0.15) is 0 Å². The Labute approximate surface area is 171 Å². The number of rotatable bonds is 10. The second-order valence-electron chi connectivity index (χ2n) is 6.56. The molecule has 0 spiro atoms. The first kappa shape index (κ1) is 22.0. The van der Waals surface area contributed by atoms with E-state index in [0.717, 1.165) is 80.5 Å². The Morgan fingerprint density at radius 2 is 2.11 bits per heavy atom. The van der Waals surface area contributed by atoms with Gasteiger partial charge in [0, 0.05) is 49.6 Å². The molecule has 0 saturated carbocycles. The smallest absolute Gasteiger partial charge is 0.191 e. The number of guanidine groups is 1. The molecule has 0 aliphatic carbocycles. The molecule has 1 fully saturated rings. The van der Waals surface area contributed by atoms with Gasteiger partial charge in [0.15, 0.2) is 5.96 Å². The van der Waals surface area contributed by atoms with Crippen molar-refractivity contribution in [2.24, 2.45) is 10.9 Å². The summed E-state index contributed by atoms with van der Waals surface area (Å²) < 4.78 is 17.6. The second kappa shape index (κ2) is 13.0. The van der Waals surface area contributed by atoms with E-state index in [1.807, 2.05) is 18.2 Å². The lowest BCUT2D eigenvalue weighted by Crippen LogP contribution is -2.38. The molecule has 1 aromatic carbocycles. The molecule has 6 nitrogen and oxygen atoms in total. The van der Waals surface area contributed by atoms with E-state index in [0.29, 0.717) is 12.5 Å². The molecule has 2 N–H and O–H groups in total. The SMILES string of the molecule is CCNC(=NCc1cc(Br)ccc1OC)NCCCOCC1CCOCC1. The molecular formula is C20H32BrN3O3. The van der Waals surface area contributed by atoms with E-state index < -0.39 is 0 Å². The maximum Gasteiger partial charge on any atom is 0.191 e. The first-order valence-electron chi connectivity index (χ1n) is 9.73. The van der Waals surface area contributed by atoms with Crippen LogP contribution >= 0.6 is 15.9 Å². The Hall–Kier alpha value is -1.31. The highest BCUT2D eigenvalue weighted by Gasteiger charge is 2.13. The first-order chi connectivity index (χ1) is 13.2. The topological polar surface area (TPSA) is 64.1 Å². The highest BCUT2D eigenvalue weighted by atomic mass is 79.9. The van der Waals surface area contributed by atoms with Crippen LogP contribution in [-0.2, 0) is 16.0 Å². The summed E-state index contributed by atoms with van der Waals surface area (Å²) in [6, 6.07) is 5.96. The van der Waals surface area contributed by atoms with Crippen molar-refractivity contribution in [1.82, 2.24) is 10.6 Å². The van der Waals surface area contributed by atoms with Crippen molar-refractivity contribution in [2.75, 3.05) is 46.6 Å². The van der Waals surface area contributed by atoms with Gasteiger partial charge in [-0.15, -0.1) is 0 Å². The quantitative estimate of drug-likeness (QED) is 0.331. The largest absolute Gasteiger partial charge is 0.496 e. The second-order valence-corrected chi connectivity index (χ2v) is 7.48. The fourth-order valence-electron chi connectivity index (χ4n) is 2.92. The molecule has 1 heterocycles. The highest BCUT2D eigenvalue weighted by Crippen LogP contribution is 2.23. The van der Waals surface area contributed by atoms with Gasteiger partial charge in [0.2, 0.25) is 0 Å². The van der Waals surface area contributed by atoms with Crippen LogP contribution in [0.1, 0.15) is 31.7 Å². The minimum atomic E-state index is 0.554. The van der Waals surface area contributed by atoms with Gasteiger partial charge in [-0.3, -0.25) is 0 Å². The van der Waals surface area contributed by atoms with Gasteiger partial charge in [-0.25, -0.2) is 4.99 Å². The van der Waals surface area contributed by atoms with Crippen LogP contribution in [0.5, 0.6) is 5.75 Å². The molecule has 1 saturated heterocycles. The molecule has 0 radical (unpaired) electrons. The standard InChI is InChI=1S/C20H32BrN3O3/c1-3-22-20(24-14-17-13-18(21)5-6-19(17)25-2)23-9-4-10-27-15-16-7-11-26-12-8-16/h5-6,13,16H,3-4,7-12,14-15H2,1-2H3,(H2,22,23,24). The number of hydrogen-bond acceptors (Lipinski definition) is 4. The highest BCUT2D eigenvalue weighted by molar-refractivity contribution is 9.10. The van der Waals surface area contributed by atoms with Crippen LogP contribution < -0.4 is 15.4 Å². The molecule has 1 aromatic rings. The molecular weight excluding hydrogens is 410 g/mol. The molecule has 7 heteroatoms. The number of nitrogens with zero attached hydrogens (tertiary/aromatic N) is 1. The number of hydrogen-bond donors (Lipinski definition) is 2. The third-order valence-electron chi connectivity index (χ3n) is 4.45. The minimum absolute atomic E-state index is 0.554. The van der Waals surface area contributed by atoms with Crippen LogP contribution in [0.25, 0.3) is 0 Å². The van der Waals surface area contributed by atoms with Crippen molar-refractivity contribution in [3.05, 3.63) is 28.2 Å². The third-order valence-corrected chi connectivity index (χ3v) is 4.94. The summed E-state index contributed by atoms with van der Waals surface area (Å²) in [7, 11) is 1.68. The summed E-state index contributed by atoms with van der Waals surface area (Å²) >= 11 is 3.50. The van der Waals surface area contributed by atoms with Gasteiger partial charge in [0.25, 0.3) is 0 Å². The third kappa shape index (κ3) is 8.49. The van der Waals surface area contributed by atoms with E-state index in [1.54, 1.807) is 7.11 Å². The van der Waals surface area contributed by atoms with Crippen LogP contribution in [-0.4, -0.2) is 52.6 Å². The normalized spacial score (nSPS) is 15.6. The molecule has 0 bridgehead atoms. The summed E-state index contributed by atoms with van der Waals surface area (Å²) in [6.45, 7) is 7.63. The number of methoxy groups -OCH3 is 1. The van der Waals surface area contributed by atoms with Gasteiger partial charge in [0.1, 0.15) is 5.75 Å². The van der Waals surface area contributed by atoms with Crippen molar-refractivity contribution in [1.29, 1.82) is 0 Å². The van der Waals surface area contributed by atoms with Crippen molar-refractivity contribution in [3.63, 3.8) is 0 Å². The lowest BCUT2D eigenvalue weighted by Gasteiger charge is -2.21. The summed E-state index contributed by atoms with van der Waals surface area (Å²) in [5, 5.41) is 6.65. The summed E-state index contributed by atoms with van der Waals surface area (Å²) in [4.78, 5) is 4.66. The molecule has 1 aliphatic rings. The predicted octanol–water partition coefficient (Wildman–Crippen LogP) is 3.35. The van der Waals surface area contributed by atoms with Crippen molar-refractivity contribution in [2.45, 2.75) is 32.7 Å². The van der Waals surface area contributed by atoms with Crippen molar-refractivity contribution in [3.8, 4) is 5.75 Å². The summed E-state index contributed by atoms with van der Waals surface area (Å²) in [6.07, 6.45) is 3.19. The van der Waals surface area contributed by atoms with E-state index in [2.05, 4.69) is 38.5 Å². The van der Waals surface area contributed by atoms with Crippen LogP contribution in [0.15, 0.2) is 27.7 Å². The molecule has 1 aliphatic heterocycles. The number of nitrogens with one attached hydrogen (secondary N) is 2. The van der Waals surface area contributed by atoms with E-state index in [1.165, 1.54) is 0 Å². The lowest BCUT2D eigenvalue weighted by molar-refractivity contribution is 0.0203. The Balaban J connectivity index is 1.71. The van der Waals surface area contributed by atoms with Gasteiger partial charge in [-0.05, 0) is 50.3 Å². The van der Waals surface area contributed by atoms with E-state index >= 15 is 0 Å². The molecule has 0 atom stereocenters. The fourth-order valence-corrected chi connectivity index (χ4v) is 3.33. The molecule has 0 amide bonds. The minimum Gasteiger partial charge on any atom is -0.496 e. The van der Waals surface area contributed by atoms with E-state index in [9.17, 15) is 0 Å². The Morgan fingerprint density at radius 3 is 2.85 bits per heavy atom. The summed E-state index contributed by atoms with van der Waals surface area (Å²) in [5.74, 6) is 2.31. The van der Waals surface area contributed by atoms with E-state index in [-0.39, 0.29) is 0 Å². The van der Waals surface area contributed by atoms with E-state index in [4.69, 9.17) is 14.2 Å². The molecule has 0 unspecified atom stereocenters. The molecule has 27 heavy (non-hydrogen) atoms. The van der Waals surface area contributed by atoms with Gasteiger partial charge < -0.3 is 24.8 Å². The number of halogens is 1. The van der Waals surface area contributed by atoms with Crippen LogP contribution in [0.4, 0.5) is 0 Å². The Kier molecular flexibility index (Phi) is 10.6. The van der Waals surface area contributed by atoms with Crippen LogP contribution in [0, 0.1) is 5.92 Å². The zero-order valence-corrected chi connectivity index (χ0v) is 18.0. The van der Waals surface area contributed by atoms with Gasteiger partial charge in [-0.1, -0.05) is 15.9 Å². The van der Waals surface area contributed by atoms with Crippen molar-refractivity contribution >= 4 is 21.9 Å². The summed E-state index contributed by atoms with van der Waals surface area (Å²) in [5.41, 5.74) is 1.05. The molecule has 152 valence electrons. The lowest BCUT2D eigenvalue weighted by atomic mass is 10.0. The fraction of sp³-hybridized carbons (Fsp3) is 0.650. The Bertz CT molecular complexity index is 578. The van der Waals surface area contributed by atoms with Crippen LogP contribution in [0.2, 0.25) is 0 Å². The average Bonchev–Trinajstić information content (AvgIpc) is 2.69. The predicted molar refractivity (Wildman–Crippen MR) is 112 cm³/mol. The monoisotopic (exact) mass is 441 g/mol. The molecule has 0 aromatic heterocycles. The van der Waals surface area contributed by atoms with Crippen LogP contribution in [0.3, 0.4) is 0 Å². The zero-order valence-electron chi connectivity index (χ0n) is 16.4. The van der Waals surface area contributed by atoms with Gasteiger partial charge in [0.05, 0.1) is 13.7 Å². The van der Waals surface area contributed by atoms with Crippen molar-refractivity contribution < 1.29 is 14.2 Å². The number of ether oxygens (including phenoxy) is 3. The maximum absolute atomic E-state index is 5.81. The number of benzene rings is 1. The number of aliphatic imine (C=N–C) groups is 1. The average molecular weight is 442 g/mol. The zero-order chi connectivity index (χ0) is 19.3. The maximum atomic E-state index is 5.81. The molecule has 2 rings (SSSR count). The van der Waals surface area contributed by atoms with Gasteiger partial charge >= 0.3 is 0 Å². The first-order valence-corrected chi connectivity index (χ1v) is 10.5.